The number of H-pyrrole nitrogens is 1. The molecule has 0 bridgehead atoms. The van der Waals surface area contributed by atoms with Gasteiger partial charge in [0.1, 0.15) is 0 Å². The van der Waals surface area contributed by atoms with Crippen LogP contribution in [0.4, 0.5) is 0 Å². The van der Waals surface area contributed by atoms with Crippen LogP contribution < -0.4 is 0 Å². The van der Waals surface area contributed by atoms with Gasteiger partial charge in [-0.25, -0.2) is 0 Å². The van der Waals surface area contributed by atoms with Crippen LogP contribution in [0.15, 0.2) is 48.8 Å². The molecule has 0 saturated heterocycles. The van der Waals surface area contributed by atoms with E-state index < -0.39 is 0 Å². The maximum atomic E-state index is 5.42. The second-order valence-corrected chi connectivity index (χ2v) is 5.38. The zero-order valence-corrected chi connectivity index (χ0v) is 12.8. The van der Waals surface area contributed by atoms with Crippen molar-refractivity contribution in [2.24, 2.45) is 0 Å². The number of rotatable bonds is 3. The Balaban J connectivity index is 2.14. The molecule has 2 heterocycles. The van der Waals surface area contributed by atoms with Gasteiger partial charge in [-0.15, -0.1) is 0 Å². The van der Waals surface area contributed by atoms with Crippen molar-refractivity contribution in [3.63, 3.8) is 0 Å². The normalized spacial score (nSPS) is 12.3. The molecule has 0 aliphatic carbocycles. The molecule has 1 N–H and O–H groups in total. The number of nitrogens with zero attached hydrogens (tertiary/aromatic N) is 3. The van der Waals surface area contributed by atoms with Crippen LogP contribution in [-0.4, -0.2) is 19.7 Å². The average Bonchev–Trinajstić information content (AvgIpc) is 2.90. The van der Waals surface area contributed by atoms with E-state index in [9.17, 15) is 0 Å². The van der Waals surface area contributed by atoms with Crippen molar-refractivity contribution in [3.8, 4) is 11.4 Å². The number of aromatic nitrogens is 4. The first-order chi connectivity index (χ1) is 10.2. The standard InChI is InChI=1S/C16H16N4S/c1-11-5-3-4-6-14(11)12(2)20-15(18-19-16(20)21)13-7-9-17-10-8-13/h3-10,12H,1-2H3,(H,19,21). The highest BCUT2D eigenvalue weighted by atomic mass is 32.1. The Kier molecular flexibility index (Phi) is 3.66. The van der Waals surface area contributed by atoms with Crippen LogP contribution in [0, 0.1) is 11.7 Å². The van der Waals surface area contributed by atoms with E-state index in [1.165, 1.54) is 11.1 Å². The van der Waals surface area contributed by atoms with Crippen LogP contribution in [0.5, 0.6) is 0 Å². The molecule has 4 nitrogen and oxygen atoms in total. The first-order valence-electron chi connectivity index (χ1n) is 6.81. The molecule has 1 unspecified atom stereocenters. The smallest absolute Gasteiger partial charge is 0.196 e. The van der Waals surface area contributed by atoms with Gasteiger partial charge in [0, 0.05) is 18.0 Å². The molecular weight excluding hydrogens is 280 g/mol. The fourth-order valence-electron chi connectivity index (χ4n) is 2.56. The number of hydrogen-bond donors (Lipinski definition) is 1. The van der Waals surface area contributed by atoms with Gasteiger partial charge in [-0.2, -0.15) is 5.10 Å². The predicted octanol–water partition coefficient (Wildman–Crippen LogP) is 3.92. The summed E-state index contributed by atoms with van der Waals surface area (Å²) >= 11 is 5.42. The number of nitrogens with one attached hydrogen (secondary N) is 1. The van der Waals surface area contributed by atoms with E-state index in [0.717, 1.165) is 11.4 Å². The zero-order valence-electron chi connectivity index (χ0n) is 11.9. The second-order valence-electron chi connectivity index (χ2n) is 4.99. The molecule has 21 heavy (non-hydrogen) atoms. The number of benzene rings is 1. The van der Waals surface area contributed by atoms with Crippen molar-refractivity contribution in [3.05, 3.63) is 64.7 Å². The Labute approximate surface area is 128 Å². The molecule has 0 fully saturated rings. The third kappa shape index (κ3) is 2.52. The SMILES string of the molecule is Cc1ccccc1C(C)n1c(-c2ccncc2)n[nH]c1=S. The lowest BCUT2D eigenvalue weighted by atomic mass is 10.0. The summed E-state index contributed by atoms with van der Waals surface area (Å²) < 4.78 is 2.67. The molecule has 106 valence electrons. The van der Waals surface area contributed by atoms with Crippen molar-refractivity contribution < 1.29 is 0 Å². The fraction of sp³-hybridized carbons (Fsp3) is 0.188. The van der Waals surface area contributed by atoms with Crippen molar-refractivity contribution >= 4 is 12.2 Å². The van der Waals surface area contributed by atoms with Gasteiger partial charge in [0.2, 0.25) is 0 Å². The van der Waals surface area contributed by atoms with Crippen LogP contribution in [0.3, 0.4) is 0 Å². The van der Waals surface area contributed by atoms with Crippen LogP contribution in [0.1, 0.15) is 24.1 Å². The highest BCUT2D eigenvalue weighted by Crippen LogP contribution is 2.26. The molecule has 2 aromatic heterocycles. The lowest BCUT2D eigenvalue weighted by molar-refractivity contribution is 0.631. The first-order valence-corrected chi connectivity index (χ1v) is 7.22. The number of aromatic amines is 1. The molecule has 3 rings (SSSR count). The van der Waals surface area contributed by atoms with Crippen molar-refractivity contribution in [1.29, 1.82) is 0 Å². The highest BCUT2D eigenvalue weighted by Gasteiger charge is 2.17. The molecule has 5 heteroatoms. The minimum Gasteiger partial charge on any atom is -0.293 e. The Bertz CT molecular complexity index is 804. The van der Waals surface area contributed by atoms with Crippen molar-refractivity contribution in [2.75, 3.05) is 0 Å². The number of hydrogen-bond acceptors (Lipinski definition) is 3. The minimum absolute atomic E-state index is 0.112. The predicted molar refractivity (Wildman–Crippen MR) is 85.6 cm³/mol. The van der Waals surface area contributed by atoms with E-state index in [0.29, 0.717) is 4.77 Å². The van der Waals surface area contributed by atoms with E-state index in [1.807, 2.05) is 22.8 Å². The summed E-state index contributed by atoms with van der Waals surface area (Å²) in [7, 11) is 0. The van der Waals surface area contributed by atoms with E-state index in [4.69, 9.17) is 12.2 Å². The van der Waals surface area contributed by atoms with Crippen LogP contribution in [0.25, 0.3) is 11.4 Å². The molecular formula is C16H16N4S. The Morgan fingerprint density at radius 1 is 1.14 bits per heavy atom. The van der Waals surface area contributed by atoms with Gasteiger partial charge < -0.3 is 0 Å². The van der Waals surface area contributed by atoms with Gasteiger partial charge in [0.25, 0.3) is 0 Å². The topological polar surface area (TPSA) is 46.5 Å². The van der Waals surface area contributed by atoms with E-state index in [2.05, 4.69) is 47.2 Å². The summed E-state index contributed by atoms with van der Waals surface area (Å²) in [5.41, 5.74) is 3.48. The highest BCUT2D eigenvalue weighted by molar-refractivity contribution is 7.71. The maximum Gasteiger partial charge on any atom is 0.196 e. The summed E-state index contributed by atoms with van der Waals surface area (Å²) in [5, 5.41) is 7.28. The lowest BCUT2D eigenvalue weighted by Crippen LogP contribution is -2.10. The summed E-state index contributed by atoms with van der Waals surface area (Å²) in [6.45, 7) is 4.25. The largest absolute Gasteiger partial charge is 0.293 e. The first kappa shape index (κ1) is 13.7. The molecule has 0 aliphatic rings. The Morgan fingerprint density at radius 3 is 2.57 bits per heavy atom. The quantitative estimate of drug-likeness (QED) is 0.745. The second kappa shape index (κ2) is 5.61. The van der Waals surface area contributed by atoms with Gasteiger partial charge in [0.05, 0.1) is 6.04 Å². The third-order valence-corrected chi connectivity index (χ3v) is 3.96. The van der Waals surface area contributed by atoms with Gasteiger partial charge in [-0.1, -0.05) is 24.3 Å². The number of pyridine rings is 1. The van der Waals surface area contributed by atoms with Gasteiger partial charge in [-0.3, -0.25) is 14.6 Å². The minimum atomic E-state index is 0.112. The van der Waals surface area contributed by atoms with Crippen molar-refractivity contribution in [2.45, 2.75) is 19.9 Å². The van der Waals surface area contributed by atoms with Crippen LogP contribution in [0.2, 0.25) is 0 Å². The maximum absolute atomic E-state index is 5.42. The summed E-state index contributed by atoms with van der Waals surface area (Å²) in [4.78, 5) is 4.05. The monoisotopic (exact) mass is 296 g/mol. The molecule has 3 aromatic rings. The Morgan fingerprint density at radius 2 is 1.86 bits per heavy atom. The summed E-state index contributed by atoms with van der Waals surface area (Å²) in [6, 6.07) is 12.3. The molecule has 0 saturated carbocycles. The molecule has 1 atom stereocenters. The van der Waals surface area contributed by atoms with E-state index >= 15 is 0 Å². The van der Waals surface area contributed by atoms with Crippen molar-refractivity contribution in [1.82, 2.24) is 19.7 Å². The number of aryl methyl sites for hydroxylation is 1. The van der Waals surface area contributed by atoms with Gasteiger partial charge in [0.15, 0.2) is 10.6 Å². The molecule has 0 amide bonds. The lowest BCUT2D eigenvalue weighted by Gasteiger charge is -2.18. The van der Waals surface area contributed by atoms with Gasteiger partial charge in [-0.05, 0) is 49.3 Å². The average molecular weight is 296 g/mol. The van der Waals surface area contributed by atoms with E-state index in [-0.39, 0.29) is 6.04 Å². The molecule has 1 aromatic carbocycles. The third-order valence-electron chi connectivity index (χ3n) is 3.67. The fourth-order valence-corrected chi connectivity index (χ4v) is 2.85. The molecule has 0 radical (unpaired) electrons. The molecule has 0 spiro atoms. The summed E-state index contributed by atoms with van der Waals surface area (Å²) in [5.74, 6) is 0.832. The summed E-state index contributed by atoms with van der Waals surface area (Å²) in [6.07, 6.45) is 3.52. The Hall–Kier alpha value is -2.27. The van der Waals surface area contributed by atoms with Gasteiger partial charge >= 0.3 is 0 Å². The van der Waals surface area contributed by atoms with Crippen LogP contribution in [-0.2, 0) is 0 Å². The van der Waals surface area contributed by atoms with E-state index in [1.54, 1.807) is 12.4 Å². The molecule has 0 aliphatic heterocycles. The zero-order chi connectivity index (χ0) is 14.8. The van der Waals surface area contributed by atoms with Crippen LogP contribution >= 0.6 is 12.2 Å².